The normalized spacial score (nSPS) is 18.7. The molecule has 0 aromatic heterocycles. The standard InChI is InChI=1S/C21H36N4S/c1-18-8-4-6-14-25(18)17-20-11-9-19(10-12-20)16-24-21(22-2)23-13-5-7-15-26-3/h9-12,18H,4-8,13-17H2,1-3H3,(H2,22,23,24). The van der Waals surface area contributed by atoms with Gasteiger partial charge >= 0.3 is 0 Å². The van der Waals surface area contributed by atoms with Crippen LogP contribution in [0.3, 0.4) is 0 Å². The highest BCUT2D eigenvalue weighted by molar-refractivity contribution is 7.98. The molecule has 1 fully saturated rings. The van der Waals surface area contributed by atoms with Crippen molar-refractivity contribution in [1.82, 2.24) is 15.5 Å². The molecule has 0 spiro atoms. The van der Waals surface area contributed by atoms with Crippen LogP contribution in [-0.4, -0.2) is 49.0 Å². The zero-order valence-electron chi connectivity index (χ0n) is 16.8. The minimum atomic E-state index is 0.718. The fraction of sp³-hybridized carbons (Fsp3) is 0.667. The number of hydrogen-bond acceptors (Lipinski definition) is 3. The lowest BCUT2D eigenvalue weighted by Gasteiger charge is -2.33. The molecule has 0 saturated carbocycles. The highest BCUT2D eigenvalue weighted by atomic mass is 32.2. The van der Waals surface area contributed by atoms with Crippen molar-refractivity contribution in [2.45, 2.75) is 58.2 Å². The van der Waals surface area contributed by atoms with Crippen LogP contribution in [-0.2, 0) is 13.1 Å². The molecule has 26 heavy (non-hydrogen) atoms. The van der Waals surface area contributed by atoms with Gasteiger partial charge in [0.2, 0.25) is 0 Å². The van der Waals surface area contributed by atoms with E-state index in [1.807, 2.05) is 18.8 Å². The molecule has 0 bridgehead atoms. The van der Waals surface area contributed by atoms with Crippen LogP contribution in [0.15, 0.2) is 29.3 Å². The van der Waals surface area contributed by atoms with Crippen LogP contribution >= 0.6 is 11.8 Å². The first-order valence-corrected chi connectivity index (χ1v) is 11.4. The molecule has 1 atom stereocenters. The van der Waals surface area contributed by atoms with E-state index < -0.39 is 0 Å². The summed E-state index contributed by atoms with van der Waals surface area (Å²) in [5.74, 6) is 2.12. The van der Waals surface area contributed by atoms with Crippen molar-refractivity contribution >= 4 is 17.7 Å². The number of rotatable bonds is 9. The number of thioether (sulfide) groups is 1. The third-order valence-corrected chi connectivity index (χ3v) is 5.80. The lowest BCUT2D eigenvalue weighted by Crippen LogP contribution is -2.37. The van der Waals surface area contributed by atoms with Gasteiger partial charge in [0.25, 0.3) is 0 Å². The van der Waals surface area contributed by atoms with E-state index in [4.69, 9.17) is 0 Å². The summed E-state index contributed by atoms with van der Waals surface area (Å²) in [5.41, 5.74) is 2.71. The Bertz CT molecular complexity index is 529. The summed E-state index contributed by atoms with van der Waals surface area (Å²) in [6.45, 7) is 6.47. The predicted molar refractivity (Wildman–Crippen MR) is 116 cm³/mol. The third kappa shape index (κ3) is 7.58. The first-order chi connectivity index (χ1) is 12.7. The van der Waals surface area contributed by atoms with Gasteiger partial charge in [0.05, 0.1) is 0 Å². The van der Waals surface area contributed by atoms with E-state index in [1.165, 1.54) is 55.5 Å². The molecule has 2 rings (SSSR count). The van der Waals surface area contributed by atoms with E-state index in [0.29, 0.717) is 0 Å². The highest BCUT2D eigenvalue weighted by Crippen LogP contribution is 2.19. The maximum atomic E-state index is 4.31. The second-order valence-corrected chi connectivity index (χ2v) is 8.17. The number of benzene rings is 1. The van der Waals surface area contributed by atoms with Gasteiger partial charge in [-0.15, -0.1) is 0 Å². The minimum absolute atomic E-state index is 0.718. The maximum Gasteiger partial charge on any atom is 0.191 e. The molecule has 2 N–H and O–H groups in total. The lowest BCUT2D eigenvalue weighted by molar-refractivity contribution is 0.152. The summed E-state index contributed by atoms with van der Waals surface area (Å²) < 4.78 is 0. The average Bonchev–Trinajstić information content (AvgIpc) is 2.67. The number of unbranched alkanes of at least 4 members (excludes halogenated alkanes) is 1. The topological polar surface area (TPSA) is 39.7 Å². The van der Waals surface area contributed by atoms with Crippen LogP contribution in [0.5, 0.6) is 0 Å². The first-order valence-electron chi connectivity index (χ1n) is 9.98. The fourth-order valence-corrected chi connectivity index (χ4v) is 3.87. The second-order valence-electron chi connectivity index (χ2n) is 7.18. The van der Waals surface area contributed by atoms with Crippen molar-refractivity contribution in [2.24, 2.45) is 4.99 Å². The molecule has 1 aliphatic rings. The van der Waals surface area contributed by atoms with Crippen molar-refractivity contribution in [2.75, 3.05) is 32.1 Å². The minimum Gasteiger partial charge on any atom is -0.356 e. The summed E-state index contributed by atoms with van der Waals surface area (Å²) in [6, 6.07) is 9.75. The monoisotopic (exact) mass is 376 g/mol. The number of likely N-dealkylation sites (tertiary alicyclic amines) is 1. The van der Waals surface area contributed by atoms with Crippen LogP contribution in [0.25, 0.3) is 0 Å². The van der Waals surface area contributed by atoms with Gasteiger partial charge in [0.15, 0.2) is 5.96 Å². The number of piperidine rings is 1. The molecule has 1 unspecified atom stereocenters. The Morgan fingerprint density at radius 2 is 1.92 bits per heavy atom. The van der Waals surface area contributed by atoms with Crippen molar-refractivity contribution in [1.29, 1.82) is 0 Å². The van der Waals surface area contributed by atoms with E-state index in [9.17, 15) is 0 Å². The van der Waals surface area contributed by atoms with Gasteiger partial charge in [0.1, 0.15) is 0 Å². The Hall–Kier alpha value is -1.20. The van der Waals surface area contributed by atoms with Crippen molar-refractivity contribution in [3.05, 3.63) is 35.4 Å². The van der Waals surface area contributed by atoms with E-state index in [2.05, 4.69) is 58.0 Å². The third-order valence-electron chi connectivity index (χ3n) is 5.10. The lowest BCUT2D eigenvalue weighted by atomic mass is 10.0. The van der Waals surface area contributed by atoms with Gasteiger partial charge in [-0.25, -0.2) is 0 Å². The van der Waals surface area contributed by atoms with Gasteiger partial charge < -0.3 is 10.6 Å². The van der Waals surface area contributed by atoms with Crippen LogP contribution in [0.4, 0.5) is 0 Å². The highest BCUT2D eigenvalue weighted by Gasteiger charge is 2.17. The van der Waals surface area contributed by atoms with Crippen molar-refractivity contribution in [3.63, 3.8) is 0 Å². The molecule has 1 heterocycles. The molecule has 1 saturated heterocycles. The SMILES string of the molecule is CN=C(NCCCCSC)NCc1ccc(CN2CCCCC2C)cc1. The van der Waals surface area contributed by atoms with E-state index in [-0.39, 0.29) is 0 Å². The second kappa shape index (κ2) is 12.2. The van der Waals surface area contributed by atoms with E-state index in [0.717, 1.165) is 31.6 Å². The summed E-state index contributed by atoms with van der Waals surface area (Å²) in [5, 5.41) is 6.80. The Kier molecular flexibility index (Phi) is 9.93. The molecule has 0 amide bonds. The molecule has 146 valence electrons. The van der Waals surface area contributed by atoms with Gasteiger partial charge in [-0.05, 0) is 62.3 Å². The fourth-order valence-electron chi connectivity index (χ4n) is 3.37. The summed E-state index contributed by atoms with van der Waals surface area (Å²) in [4.78, 5) is 6.92. The zero-order valence-corrected chi connectivity index (χ0v) is 17.6. The quantitative estimate of drug-likeness (QED) is 0.390. The van der Waals surface area contributed by atoms with Gasteiger partial charge in [0, 0.05) is 32.7 Å². The molecule has 4 nitrogen and oxygen atoms in total. The molecule has 1 aromatic rings. The molecule has 5 heteroatoms. The Balaban J connectivity index is 1.72. The van der Waals surface area contributed by atoms with Gasteiger partial charge in [-0.2, -0.15) is 11.8 Å². The first kappa shape index (κ1) is 21.1. The molecule has 0 radical (unpaired) electrons. The van der Waals surface area contributed by atoms with Crippen molar-refractivity contribution in [3.8, 4) is 0 Å². The Morgan fingerprint density at radius 1 is 1.15 bits per heavy atom. The van der Waals surface area contributed by atoms with Crippen molar-refractivity contribution < 1.29 is 0 Å². The van der Waals surface area contributed by atoms with Crippen LogP contribution in [0.1, 0.15) is 50.2 Å². The van der Waals surface area contributed by atoms with E-state index in [1.54, 1.807) is 0 Å². The van der Waals surface area contributed by atoms with E-state index >= 15 is 0 Å². The summed E-state index contributed by atoms with van der Waals surface area (Å²) in [7, 11) is 1.83. The number of nitrogens with zero attached hydrogens (tertiary/aromatic N) is 2. The number of aliphatic imine (C=N–C) groups is 1. The van der Waals surface area contributed by atoms with Gasteiger partial charge in [-0.3, -0.25) is 9.89 Å². The molecular weight excluding hydrogens is 340 g/mol. The smallest absolute Gasteiger partial charge is 0.191 e. The maximum absolute atomic E-state index is 4.31. The molecular formula is C21H36N4S. The van der Waals surface area contributed by atoms with Crippen LogP contribution < -0.4 is 10.6 Å². The van der Waals surface area contributed by atoms with Crippen LogP contribution in [0.2, 0.25) is 0 Å². The number of guanidine groups is 1. The summed E-state index contributed by atoms with van der Waals surface area (Å²) in [6.07, 6.45) is 8.66. The van der Waals surface area contributed by atoms with Gasteiger partial charge in [-0.1, -0.05) is 30.7 Å². The number of nitrogens with one attached hydrogen (secondary N) is 2. The Morgan fingerprint density at radius 3 is 2.62 bits per heavy atom. The summed E-state index contributed by atoms with van der Waals surface area (Å²) >= 11 is 1.91. The predicted octanol–water partition coefficient (Wildman–Crippen LogP) is 3.87. The largest absolute Gasteiger partial charge is 0.356 e. The number of hydrogen-bond donors (Lipinski definition) is 2. The zero-order chi connectivity index (χ0) is 18.6. The molecule has 1 aliphatic heterocycles. The van der Waals surface area contributed by atoms with Crippen LogP contribution in [0, 0.1) is 0 Å². The Labute approximate surface area is 164 Å². The molecule has 1 aromatic carbocycles. The molecule has 0 aliphatic carbocycles. The average molecular weight is 377 g/mol.